The van der Waals surface area contributed by atoms with E-state index >= 15 is 0 Å². The molecule has 2 heteroatoms. The third-order valence-electron chi connectivity index (χ3n) is 3.47. The summed E-state index contributed by atoms with van der Waals surface area (Å²) in [6.07, 6.45) is 2.61. The SMILES string of the molecule is CC1CCC(c2ccc(N(C)C)cc2)NC1. The molecule has 2 atom stereocenters. The van der Waals surface area contributed by atoms with Crippen molar-refractivity contribution < 1.29 is 0 Å². The molecule has 0 aliphatic carbocycles. The van der Waals surface area contributed by atoms with Crippen LogP contribution in [0.1, 0.15) is 31.4 Å². The van der Waals surface area contributed by atoms with Crippen LogP contribution < -0.4 is 10.2 Å². The Kier molecular flexibility index (Phi) is 3.49. The Morgan fingerprint density at radius 3 is 2.31 bits per heavy atom. The molecule has 1 aromatic carbocycles. The molecule has 1 fully saturated rings. The fourth-order valence-corrected chi connectivity index (χ4v) is 2.29. The van der Waals surface area contributed by atoms with E-state index in [1.54, 1.807) is 0 Å². The molecule has 0 aromatic heterocycles. The second-order valence-electron chi connectivity index (χ2n) is 5.13. The highest BCUT2D eigenvalue weighted by atomic mass is 15.1. The molecular formula is C14H22N2. The number of anilines is 1. The van der Waals surface area contributed by atoms with Gasteiger partial charge in [-0.15, -0.1) is 0 Å². The lowest BCUT2D eigenvalue weighted by Crippen LogP contribution is -2.31. The second kappa shape index (κ2) is 4.88. The first-order chi connectivity index (χ1) is 7.66. The van der Waals surface area contributed by atoms with Crippen molar-refractivity contribution >= 4 is 5.69 Å². The van der Waals surface area contributed by atoms with Gasteiger partial charge in [-0.1, -0.05) is 19.1 Å². The van der Waals surface area contributed by atoms with Crippen LogP contribution in [-0.4, -0.2) is 20.6 Å². The van der Waals surface area contributed by atoms with Gasteiger partial charge in [0.05, 0.1) is 0 Å². The van der Waals surface area contributed by atoms with Gasteiger partial charge in [-0.2, -0.15) is 0 Å². The molecule has 0 amide bonds. The van der Waals surface area contributed by atoms with Crippen LogP contribution in [0.5, 0.6) is 0 Å². The predicted molar refractivity (Wildman–Crippen MR) is 69.9 cm³/mol. The van der Waals surface area contributed by atoms with Gasteiger partial charge < -0.3 is 10.2 Å². The van der Waals surface area contributed by atoms with Crippen LogP contribution >= 0.6 is 0 Å². The first-order valence-electron chi connectivity index (χ1n) is 6.17. The fraction of sp³-hybridized carbons (Fsp3) is 0.571. The summed E-state index contributed by atoms with van der Waals surface area (Å²) in [5.41, 5.74) is 2.70. The molecule has 1 aliphatic rings. The van der Waals surface area contributed by atoms with Crippen LogP contribution in [0.3, 0.4) is 0 Å². The molecule has 88 valence electrons. The lowest BCUT2D eigenvalue weighted by Gasteiger charge is -2.28. The maximum Gasteiger partial charge on any atom is 0.0361 e. The minimum atomic E-state index is 0.562. The number of benzene rings is 1. The number of rotatable bonds is 2. The predicted octanol–water partition coefficient (Wildman–Crippen LogP) is 2.81. The molecule has 0 saturated carbocycles. The molecule has 1 aliphatic heterocycles. The van der Waals surface area contributed by atoms with E-state index in [2.05, 4.69) is 55.5 Å². The van der Waals surface area contributed by atoms with E-state index in [1.807, 2.05) is 0 Å². The van der Waals surface area contributed by atoms with Gasteiger partial charge in [0.2, 0.25) is 0 Å². The van der Waals surface area contributed by atoms with Gasteiger partial charge in [0.1, 0.15) is 0 Å². The monoisotopic (exact) mass is 218 g/mol. The Morgan fingerprint density at radius 2 is 1.81 bits per heavy atom. The van der Waals surface area contributed by atoms with E-state index in [-0.39, 0.29) is 0 Å². The van der Waals surface area contributed by atoms with Gasteiger partial charge in [-0.05, 0) is 43.0 Å². The largest absolute Gasteiger partial charge is 0.378 e. The smallest absolute Gasteiger partial charge is 0.0361 e. The summed E-state index contributed by atoms with van der Waals surface area (Å²) in [6.45, 7) is 3.47. The Bertz CT molecular complexity index is 321. The zero-order chi connectivity index (χ0) is 11.5. The van der Waals surface area contributed by atoms with Crippen molar-refractivity contribution in [2.45, 2.75) is 25.8 Å². The third kappa shape index (κ3) is 2.56. The van der Waals surface area contributed by atoms with E-state index in [9.17, 15) is 0 Å². The molecule has 1 saturated heterocycles. The normalized spacial score (nSPS) is 25.4. The van der Waals surface area contributed by atoms with Crippen LogP contribution in [0.4, 0.5) is 5.69 Å². The van der Waals surface area contributed by atoms with Gasteiger partial charge in [0.25, 0.3) is 0 Å². The molecule has 1 aromatic rings. The summed E-state index contributed by atoms with van der Waals surface area (Å²) in [7, 11) is 4.16. The quantitative estimate of drug-likeness (QED) is 0.821. The van der Waals surface area contributed by atoms with Gasteiger partial charge in [-0.25, -0.2) is 0 Å². The van der Waals surface area contributed by atoms with Crippen molar-refractivity contribution in [3.8, 4) is 0 Å². The van der Waals surface area contributed by atoms with Crippen molar-refractivity contribution in [1.29, 1.82) is 0 Å². The topological polar surface area (TPSA) is 15.3 Å². The Hall–Kier alpha value is -1.02. The number of nitrogens with one attached hydrogen (secondary N) is 1. The summed E-state index contributed by atoms with van der Waals surface area (Å²) >= 11 is 0. The van der Waals surface area contributed by atoms with Crippen molar-refractivity contribution in [1.82, 2.24) is 5.32 Å². The molecule has 0 bridgehead atoms. The van der Waals surface area contributed by atoms with Gasteiger partial charge in [0, 0.05) is 25.8 Å². The first-order valence-corrected chi connectivity index (χ1v) is 6.17. The maximum absolute atomic E-state index is 3.62. The fourth-order valence-electron chi connectivity index (χ4n) is 2.29. The van der Waals surface area contributed by atoms with Crippen LogP contribution in [0.25, 0.3) is 0 Å². The van der Waals surface area contributed by atoms with Crippen molar-refractivity contribution in [2.75, 3.05) is 25.5 Å². The number of nitrogens with zero attached hydrogens (tertiary/aromatic N) is 1. The Balaban J connectivity index is 2.04. The van der Waals surface area contributed by atoms with Crippen LogP contribution in [-0.2, 0) is 0 Å². The van der Waals surface area contributed by atoms with Crippen molar-refractivity contribution in [3.63, 3.8) is 0 Å². The maximum atomic E-state index is 3.62. The lowest BCUT2D eigenvalue weighted by molar-refractivity contribution is 0.333. The van der Waals surface area contributed by atoms with Crippen molar-refractivity contribution in [3.05, 3.63) is 29.8 Å². The van der Waals surface area contributed by atoms with E-state index in [1.165, 1.54) is 24.1 Å². The van der Waals surface area contributed by atoms with E-state index < -0.39 is 0 Å². The Morgan fingerprint density at radius 1 is 1.12 bits per heavy atom. The minimum Gasteiger partial charge on any atom is -0.378 e. The highest BCUT2D eigenvalue weighted by Gasteiger charge is 2.18. The van der Waals surface area contributed by atoms with E-state index in [4.69, 9.17) is 0 Å². The zero-order valence-electron chi connectivity index (χ0n) is 10.5. The number of hydrogen-bond donors (Lipinski definition) is 1. The van der Waals surface area contributed by atoms with E-state index in [0.717, 1.165) is 12.5 Å². The second-order valence-corrected chi connectivity index (χ2v) is 5.13. The van der Waals surface area contributed by atoms with Crippen LogP contribution in [0, 0.1) is 5.92 Å². The molecule has 2 unspecified atom stereocenters. The average Bonchev–Trinajstić information content (AvgIpc) is 2.30. The molecule has 0 radical (unpaired) electrons. The number of piperidine rings is 1. The van der Waals surface area contributed by atoms with Gasteiger partial charge >= 0.3 is 0 Å². The highest BCUT2D eigenvalue weighted by Crippen LogP contribution is 2.26. The van der Waals surface area contributed by atoms with Gasteiger partial charge in [0.15, 0.2) is 0 Å². The molecule has 2 rings (SSSR count). The van der Waals surface area contributed by atoms with Crippen LogP contribution in [0.2, 0.25) is 0 Å². The summed E-state index contributed by atoms with van der Waals surface area (Å²) in [4.78, 5) is 2.14. The lowest BCUT2D eigenvalue weighted by atomic mass is 9.92. The van der Waals surface area contributed by atoms with E-state index in [0.29, 0.717) is 6.04 Å². The average molecular weight is 218 g/mol. The summed E-state index contributed by atoms with van der Waals surface area (Å²) in [5.74, 6) is 0.831. The van der Waals surface area contributed by atoms with Crippen LogP contribution in [0.15, 0.2) is 24.3 Å². The number of hydrogen-bond acceptors (Lipinski definition) is 2. The van der Waals surface area contributed by atoms with Gasteiger partial charge in [-0.3, -0.25) is 0 Å². The first kappa shape index (κ1) is 11.5. The Labute approximate surface area is 98.7 Å². The standard InChI is InChI=1S/C14H22N2/c1-11-4-9-14(15-10-11)12-5-7-13(8-6-12)16(2)3/h5-8,11,14-15H,4,9-10H2,1-3H3. The summed E-state index contributed by atoms with van der Waals surface area (Å²) < 4.78 is 0. The third-order valence-corrected chi connectivity index (χ3v) is 3.47. The summed E-state index contributed by atoms with van der Waals surface area (Å²) in [6, 6.07) is 9.48. The molecule has 2 nitrogen and oxygen atoms in total. The van der Waals surface area contributed by atoms with Crippen molar-refractivity contribution in [2.24, 2.45) is 5.92 Å². The zero-order valence-corrected chi connectivity index (χ0v) is 10.5. The highest BCUT2D eigenvalue weighted by molar-refractivity contribution is 5.46. The minimum absolute atomic E-state index is 0.562. The summed E-state index contributed by atoms with van der Waals surface area (Å²) in [5, 5.41) is 3.62. The molecule has 16 heavy (non-hydrogen) atoms. The molecule has 1 heterocycles. The molecular weight excluding hydrogens is 196 g/mol. The molecule has 1 N–H and O–H groups in total. The molecule has 0 spiro atoms.